The molecule has 22 heavy (non-hydrogen) atoms. The minimum absolute atomic E-state index is 0.117. The molecular weight excluding hydrogens is 290 g/mol. The number of hydrogen-bond donors (Lipinski definition) is 1. The Morgan fingerprint density at radius 2 is 1.27 bits per heavy atom. The van der Waals surface area contributed by atoms with Crippen LogP contribution in [0.15, 0.2) is 42.5 Å². The van der Waals surface area contributed by atoms with Gasteiger partial charge in [-0.15, -0.1) is 0 Å². The lowest BCUT2D eigenvalue weighted by atomic mass is 9.80. The maximum atomic E-state index is 6.08. The zero-order chi connectivity index (χ0) is 16.5. The van der Waals surface area contributed by atoms with Crippen LogP contribution in [0.5, 0.6) is 0 Å². The van der Waals surface area contributed by atoms with Crippen molar-refractivity contribution in [2.45, 2.75) is 52.4 Å². The van der Waals surface area contributed by atoms with E-state index in [4.69, 9.17) is 11.6 Å². The second kappa shape index (κ2) is 5.96. The Bertz CT molecular complexity index is 628. The van der Waals surface area contributed by atoms with Gasteiger partial charge in [0.2, 0.25) is 0 Å². The van der Waals surface area contributed by atoms with Gasteiger partial charge in [-0.25, -0.2) is 0 Å². The van der Waals surface area contributed by atoms with Crippen LogP contribution in [0.4, 0.5) is 11.4 Å². The number of hydrogen-bond acceptors (Lipinski definition) is 1. The molecular formula is C20H26ClN. The molecule has 0 saturated carbocycles. The van der Waals surface area contributed by atoms with Gasteiger partial charge in [-0.3, -0.25) is 0 Å². The lowest BCUT2D eigenvalue weighted by molar-refractivity contribution is 0.569. The molecule has 0 atom stereocenters. The first kappa shape index (κ1) is 16.9. The molecule has 0 spiro atoms. The molecule has 0 aliphatic rings. The summed E-state index contributed by atoms with van der Waals surface area (Å²) >= 11 is 6.08. The summed E-state index contributed by atoms with van der Waals surface area (Å²) in [6.45, 7) is 13.5. The molecule has 0 aliphatic carbocycles. The maximum absolute atomic E-state index is 6.08. The predicted octanol–water partition coefficient (Wildman–Crippen LogP) is 6.68. The van der Waals surface area contributed by atoms with E-state index in [1.54, 1.807) is 0 Å². The van der Waals surface area contributed by atoms with Gasteiger partial charge in [-0.05, 0) is 52.3 Å². The smallest absolute Gasteiger partial charge is 0.0426 e. The summed E-state index contributed by atoms with van der Waals surface area (Å²) in [7, 11) is 0. The van der Waals surface area contributed by atoms with E-state index in [0.717, 1.165) is 16.4 Å². The fourth-order valence-corrected chi connectivity index (χ4v) is 2.49. The van der Waals surface area contributed by atoms with E-state index < -0.39 is 0 Å². The summed E-state index contributed by atoms with van der Waals surface area (Å²) in [6, 6.07) is 14.6. The second-order valence-electron chi connectivity index (χ2n) is 7.93. The summed E-state index contributed by atoms with van der Waals surface area (Å²) in [5, 5.41) is 4.23. The largest absolute Gasteiger partial charge is 0.355 e. The number of anilines is 2. The number of nitrogens with one attached hydrogen (secondary N) is 1. The molecule has 1 nitrogen and oxygen atoms in total. The lowest BCUT2D eigenvalue weighted by Crippen LogP contribution is -2.16. The van der Waals surface area contributed by atoms with Crippen molar-refractivity contribution in [1.82, 2.24) is 0 Å². The molecule has 0 aliphatic heterocycles. The average Bonchev–Trinajstić information content (AvgIpc) is 2.36. The zero-order valence-electron chi connectivity index (χ0n) is 14.4. The van der Waals surface area contributed by atoms with Crippen molar-refractivity contribution in [2.24, 2.45) is 0 Å². The van der Waals surface area contributed by atoms with E-state index in [1.165, 1.54) is 11.1 Å². The first-order chi connectivity index (χ1) is 10.1. The second-order valence-corrected chi connectivity index (χ2v) is 8.37. The van der Waals surface area contributed by atoms with Crippen LogP contribution in [0.3, 0.4) is 0 Å². The monoisotopic (exact) mass is 315 g/mol. The minimum Gasteiger partial charge on any atom is -0.355 e. The Hall–Kier alpha value is -1.47. The third-order valence-electron chi connectivity index (χ3n) is 3.78. The van der Waals surface area contributed by atoms with Gasteiger partial charge in [-0.2, -0.15) is 0 Å². The third kappa shape index (κ3) is 4.27. The maximum Gasteiger partial charge on any atom is 0.0426 e. The first-order valence-corrected chi connectivity index (χ1v) is 8.12. The molecule has 2 aromatic carbocycles. The summed E-state index contributed by atoms with van der Waals surface area (Å²) in [6.07, 6.45) is 0. The van der Waals surface area contributed by atoms with Crippen molar-refractivity contribution in [3.8, 4) is 0 Å². The predicted molar refractivity (Wildman–Crippen MR) is 98.6 cm³/mol. The fraction of sp³-hybridized carbons (Fsp3) is 0.400. The number of halogens is 1. The molecule has 2 heteroatoms. The van der Waals surface area contributed by atoms with Crippen LogP contribution >= 0.6 is 11.6 Å². The van der Waals surface area contributed by atoms with E-state index >= 15 is 0 Å². The number of benzene rings is 2. The molecule has 0 radical (unpaired) electrons. The molecule has 0 fully saturated rings. The third-order valence-corrected chi connectivity index (χ3v) is 4.01. The molecule has 2 rings (SSSR count). The SMILES string of the molecule is CC(C)(C)c1cc(Nc2cccc(Cl)c2)cc(C(C)(C)C)c1. The van der Waals surface area contributed by atoms with Crippen molar-refractivity contribution in [3.63, 3.8) is 0 Å². The molecule has 2 aromatic rings. The Morgan fingerprint density at radius 3 is 1.73 bits per heavy atom. The highest BCUT2D eigenvalue weighted by Crippen LogP contribution is 2.33. The topological polar surface area (TPSA) is 12.0 Å². The minimum atomic E-state index is 0.117. The van der Waals surface area contributed by atoms with Crippen molar-refractivity contribution in [1.29, 1.82) is 0 Å². The summed E-state index contributed by atoms with van der Waals surface area (Å²) in [5.41, 5.74) is 5.03. The van der Waals surface area contributed by atoms with Crippen LogP contribution in [0.25, 0.3) is 0 Å². The van der Waals surface area contributed by atoms with Gasteiger partial charge in [-0.1, -0.05) is 65.3 Å². The van der Waals surface area contributed by atoms with E-state index in [2.05, 4.69) is 65.1 Å². The zero-order valence-corrected chi connectivity index (χ0v) is 15.2. The highest BCUT2D eigenvalue weighted by molar-refractivity contribution is 6.30. The molecule has 0 heterocycles. The fourth-order valence-electron chi connectivity index (χ4n) is 2.30. The van der Waals surface area contributed by atoms with Crippen LogP contribution < -0.4 is 5.32 Å². The molecule has 0 bridgehead atoms. The normalized spacial score (nSPS) is 12.3. The Kier molecular flexibility index (Phi) is 4.58. The van der Waals surface area contributed by atoms with Crippen LogP contribution in [-0.2, 0) is 10.8 Å². The van der Waals surface area contributed by atoms with Gasteiger partial charge in [0.1, 0.15) is 0 Å². The lowest BCUT2D eigenvalue weighted by Gasteiger charge is -2.26. The summed E-state index contributed by atoms with van der Waals surface area (Å²) < 4.78 is 0. The van der Waals surface area contributed by atoms with Crippen LogP contribution in [0, 0.1) is 0 Å². The highest BCUT2D eigenvalue weighted by atomic mass is 35.5. The molecule has 0 aromatic heterocycles. The van der Waals surface area contributed by atoms with Gasteiger partial charge in [0, 0.05) is 16.4 Å². The van der Waals surface area contributed by atoms with E-state index in [-0.39, 0.29) is 10.8 Å². The van der Waals surface area contributed by atoms with Gasteiger partial charge < -0.3 is 5.32 Å². The molecule has 118 valence electrons. The Labute approximate surface area is 139 Å². The van der Waals surface area contributed by atoms with E-state index in [0.29, 0.717) is 0 Å². The van der Waals surface area contributed by atoms with Gasteiger partial charge in [0.25, 0.3) is 0 Å². The van der Waals surface area contributed by atoms with Crippen LogP contribution in [0.2, 0.25) is 5.02 Å². The molecule has 0 amide bonds. The van der Waals surface area contributed by atoms with Gasteiger partial charge >= 0.3 is 0 Å². The van der Waals surface area contributed by atoms with E-state index in [9.17, 15) is 0 Å². The first-order valence-electron chi connectivity index (χ1n) is 7.74. The van der Waals surface area contributed by atoms with Crippen molar-refractivity contribution in [2.75, 3.05) is 5.32 Å². The highest BCUT2D eigenvalue weighted by Gasteiger charge is 2.20. The van der Waals surface area contributed by atoms with Crippen LogP contribution in [0.1, 0.15) is 52.7 Å². The number of rotatable bonds is 2. The Morgan fingerprint density at radius 1 is 0.727 bits per heavy atom. The standard InChI is InChI=1S/C20H26ClN/c1-19(2,3)14-10-15(20(4,5)6)12-18(11-14)22-17-9-7-8-16(21)13-17/h7-13,22H,1-6H3. The molecule has 0 saturated heterocycles. The summed E-state index contributed by atoms with van der Waals surface area (Å²) in [4.78, 5) is 0. The summed E-state index contributed by atoms with van der Waals surface area (Å²) in [5.74, 6) is 0. The van der Waals surface area contributed by atoms with Crippen molar-refractivity contribution in [3.05, 3.63) is 58.6 Å². The van der Waals surface area contributed by atoms with E-state index in [1.807, 2.05) is 24.3 Å². The van der Waals surface area contributed by atoms with Crippen molar-refractivity contribution >= 4 is 23.0 Å². The van der Waals surface area contributed by atoms with Gasteiger partial charge in [0.15, 0.2) is 0 Å². The molecule has 0 unspecified atom stereocenters. The Balaban J connectivity index is 2.46. The quantitative estimate of drug-likeness (QED) is 0.651. The molecule has 1 N–H and O–H groups in total. The van der Waals surface area contributed by atoms with Gasteiger partial charge in [0.05, 0.1) is 0 Å². The average molecular weight is 316 g/mol. The van der Waals surface area contributed by atoms with Crippen molar-refractivity contribution < 1.29 is 0 Å². The van der Waals surface area contributed by atoms with Crippen LogP contribution in [-0.4, -0.2) is 0 Å².